The van der Waals surface area contributed by atoms with Crippen molar-refractivity contribution in [1.82, 2.24) is 19.0 Å². The molecular formula is C59H86N4O20S3. The fourth-order valence-corrected chi connectivity index (χ4v) is 8.62. The van der Waals surface area contributed by atoms with Crippen LogP contribution in [0.2, 0.25) is 0 Å². The SMILES string of the molecule is CCC(COC(=O)CCS)(COC(=O)CCS)COC(=O)CCS.Cc1cc(C(c2ccccc2O)c2cc(C)c(O)c(C)c2C)c(C)c(C)c1O.O=c1n(CCO)c(=O)n(CCO)c(=O)n1CCO.OCCNCCO.Oc1cc(O)cc(O)c1. The van der Waals surface area contributed by atoms with Gasteiger partial charge in [0.25, 0.3) is 0 Å². The lowest BCUT2D eigenvalue weighted by atomic mass is 9.78. The van der Waals surface area contributed by atoms with Crippen LogP contribution in [0.4, 0.5) is 0 Å². The molecule has 480 valence electrons. The van der Waals surface area contributed by atoms with Gasteiger partial charge in [-0.1, -0.05) is 37.3 Å². The Balaban J connectivity index is 0.000000579. The first kappa shape index (κ1) is 77.3. The van der Waals surface area contributed by atoms with Crippen molar-refractivity contribution in [3.8, 4) is 34.5 Å². The van der Waals surface area contributed by atoms with E-state index in [9.17, 15) is 44.1 Å². The first-order valence-corrected chi connectivity index (χ1v) is 29.2. The number of aryl methyl sites for hydroxylation is 2. The summed E-state index contributed by atoms with van der Waals surface area (Å²) in [4.78, 5) is 70.1. The average Bonchev–Trinajstić information content (AvgIpc) is 1.28. The van der Waals surface area contributed by atoms with Crippen LogP contribution in [0, 0.1) is 47.0 Å². The number of ether oxygens (including phenoxy) is 3. The number of rotatable bonds is 26. The quantitative estimate of drug-likeness (QED) is 0.0124. The van der Waals surface area contributed by atoms with Gasteiger partial charge in [-0.05, 0) is 98.5 Å². The molecule has 1 heterocycles. The Labute approximate surface area is 516 Å². The molecule has 4 aromatic carbocycles. The normalized spacial score (nSPS) is 10.7. The Morgan fingerprint density at radius 1 is 0.500 bits per heavy atom. The summed E-state index contributed by atoms with van der Waals surface area (Å²) in [6.45, 7) is 12.8. The number of para-hydroxylation sites is 1. The van der Waals surface area contributed by atoms with E-state index in [2.05, 4.69) is 43.2 Å². The van der Waals surface area contributed by atoms with E-state index >= 15 is 0 Å². The fraction of sp³-hybridized carbons (Fsp3) is 0.492. The number of hydrogen-bond donors (Lipinski definition) is 15. The van der Waals surface area contributed by atoms with Crippen LogP contribution in [-0.2, 0) is 48.2 Å². The van der Waals surface area contributed by atoms with Gasteiger partial charge in [-0.3, -0.25) is 14.4 Å². The van der Waals surface area contributed by atoms with Gasteiger partial charge in [0, 0.05) is 60.0 Å². The number of carbonyl (C=O) groups is 3. The van der Waals surface area contributed by atoms with Gasteiger partial charge in [0.1, 0.15) is 54.3 Å². The van der Waals surface area contributed by atoms with Gasteiger partial charge in [0.15, 0.2) is 0 Å². The molecule has 86 heavy (non-hydrogen) atoms. The van der Waals surface area contributed by atoms with Crippen molar-refractivity contribution in [3.63, 3.8) is 0 Å². The minimum absolute atomic E-state index is 0.00157. The predicted octanol–water partition coefficient (Wildman–Crippen LogP) is 3.32. The molecule has 0 radical (unpaired) electrons. The molecule has 5 rings (SSSR count). The number of esters is 3. The second-order valence-electron chi connectivity index (χ2n) is 19.4. The van der Waals surface area contributed by atoms with Gasteiger partial charge >= 0.3 is 35.0 Å². The monoisotopic (exact) mass is 1270 g/mol. The smallest absolute Gasteiger partial charge is 0.336 e. The Bertz CT molecular complexity index is 2830. The molecule has 0 aliphatic carbocycles. The maximum absolute atomic E-state index is 11.8. The zero-order valence-electron chi connectivity index (χ0n) is 49.7. The first-order chi connectivity index (χ1) is 40.7. The average molecular weight is 1270 g/mol. The largest absolute Gasteiger partial charge is 0.508 e. The van der Waals surface area contributed by atoms with E-state index < -0.39 is 60.2 Å². The van der Waals surface area contributed by atoms with E-state index in [4.69, 9.17) is 55.1 Å². The summed E-state index contributed by atoms with van der Waals surface area (Å²) in [5.41, 5.74) is 4.77. The molecule has 0 aliphatic rings. The zero-order valence-corrected chi connectivity index (χ0v) is 52.4. The number of aromatic nitrogens is 3. The lowest BCUT2D eigenvalue weighted by Crippen LogP contribution is -2.55. The standard InChI is InChI=1S/C25H28O3.C15H26O6S3.C9H15N3O6.C6H6O3.C4H11NO2/c1-13-11-20(15(3)17(5)24(13)27)23(19-9-7-8-10-22(19)26)21-12-14(2)25(28)18(6)16(21)4;1-2-15(9-19-12(16)3-6-22,10-20-13(17)4-7-23)11-21-14(18)5-8-24;13-4-1-10-7(16)11(2-5-14)9(18)12(3-6-15)8(10)17;7-4-1-5(8)3-6(9)2-4;6-3-1-5-2-4-7/h7-12,23,26-28H,1-6H3;22-24H,2-11H2,1H3;13-15H,1-6H2;1-3,7-9H;5-7H,1-4H2. The number of benzene rings is 4. The lowest BCUT2D eigenvalue weighted by Gasteiger charge is -2.31. The number of thiol groups is 3. The summed E-state index contributed by atoms with van der Waals surface area (Å²) in [6, 6.07) is 14.8. The molecule has 0 aliphatic heterocycles. The van der Waals surface area contributed by atoms with E-state index in [0.717, 1.165) is 68.3 Å². The molecule has 1 aromatic heterocycles. The topological polar surface area (TPSA) is 379 Å². The van der Waals surface area contributed by atoms with Crippen molar-refractivity contribution in [2.24, 2.45) is 5.41 Å². The number of aliphatic hydroxyl groups is 5. The summed E-state index contributed by atoms with van der Waals surface area (Å²) in [6.07, 6.45) is 1.05. The highest BCUT2D eigenvalue weighted by Crippen LogP contribution is 2.44. The number of hydrogen-bond acceptors (Lipinski definition) is 24. The van der Waals surface area contributed by atoms with Gasteiger partial charge < -0.3 is 75.7 Å². The van der Waals surface area contributed by atoms with Gasteiger partial charge in [-0.25, -0.2) is 28.1 Å². The number of aromatic hydroxyl groups is 6. The second kappa shape index (κ2) is 40.6. The third kappa shape index (κ3) is 24.6. The highest BCUT2D eigenvalue weighted by molar-refractivity contribution is 7.80. The van der Waals surface area contributed by atoms with Gasteiger partial charge in [-0.2, -0.15) is 37.9 Å². The van der Waals surface area contributed by atoms with Crippen molar-refractivity contribution in [3.05, 3.63) is 136 Å². The van der Waals surface area contributed by atoms with Crippen LogP contribution in [0.15, 0.2) is 69.0 Å². The summed E-state index contributed by atoms with van der Waals surface area (Å²) in [5.74, 6) is 0.161. The number of nitrogens with one attached hydrogen (secondary N) is 1. The van der Waals surface area contributed by atoms with Gasteiger partial charge in [-0.15, -0.1) is 0 Å². The summed E-state index contributed by atoms with van der Waals surface area (Å²) in [5, 5.41) is 103. The van der Waals surface area contributed by atoms with Gasteiger partial charge in [0.2, 0.25) is 0 Å². The minimum atomic E-state index is -0.887. The minimum Gasteiger partial charge on any atom is -0.508 e. The lowest BCUT2D eigenvalue weighted by molar-refractivity contribution is -0.161. The van der Waals surface area contributed by atoms with E-state index in [1.165, 1.54) is 0 Å². The highest BCUT2D eigenvalue weighted by Gasteiger charge is 2.34. The molecule has 27 heteroatoms. The first-order valence-electron chi connectivity index (χ1n) is 27.3. The van der Waals surface area contributed by atoms with Gasteiger partial charge in [0.05, 0.1) is 77.3 Å². The fourth-order valence-electron chi connectivity index (χ4n) is 8.07. The molecule has 24 nitrogen and oxygen atoms in total. The Kier molecular flexibility index (Phi) is 36.5. The molecular weight excluding hydrogens is 1180 g/mol. The summed E-state index contributed by atoms with van der Waals surface area (Å²) < 4.78 is 17.7. The number of phenols is 6. The molecule has 0 saturated heterocycles. The second-order valence-corrected chi connectivity index (χ2v) is 20.7. The Hall–Kier alpha value is -6.69. The third-order valence-electron chi connectivity index (χ3n) is 13.2. The molecule has 0 spiro atoms. The van der Waals surface area contributed by atoms with Crippen LogP contribution in [-0.4, -0.2) is 171 Å². The summed E-state index contributed by atoms with van der Waals surface area (Å²) >= 11 is 11.9. The Morgan fingerprint density at radius 2 is 0.826 bits per heavy atom. The van der Waals surface area contributed by atoms with Crippen molar-refractivity contribution in [2.45, 2.75) is 99.7 Å². The molecule has 0 saturated carbocycles. The molecule has 5 aromatic rings. The van der Waals surface area contributed by atoms with Crippen molar-refractivity contribution in [1.29, 1.82) is 0 Å². The number of phenolic OH excluding ortho intramolecular Hbond substituents is 6. The van der Waals surface area contributed by atoms with E-state index in [0.29, 0.717) is 62.0 Å². The van der Waals surface area contributed by atoms with Crippen molar-refractivity contribution < 1.29 is 84.8 Å². The van der Waals surface area contributed by atoms with E-state index in [-0.39, 0.29) is 101 Å². The van der Waals surface area contributed by atoms with E-state index in [1.807, 2.05) is 78.8 Å². The zero-order chi connectivity index (χ0) is 65.3. The molecule has 0 unspecified atom stereocenters. The van der Waals surface area contributed by atoms with E-state index in [1.54, 1.807) is 6.07 Å². The molecule has 12 N–H and O–H groups in total. The van der Waals surface area contributed by atoms with Crippen LogP contribution in [0.25, 0.3) is 0 Å². The third-order valence-corrected chi connectivity index (χ3v) is 13.9. The molecule has 0 bridgehead atoms. The molecule has 0 fully saturated rings. The van der Waals surface area contributed by atoms with Crippen molar-refractivity contribution in [2.75, 3.05) is 83.2 Å². The Morgan fingerprint density at radius 3 is 1.10 bits per heavy atom. The maximum atomic E-state index is 11.8. The van der Waals surface area contributed by atoms with Crippen LogP contribution in [0.3, 0.4) is 0 Å². The summed E-state index contributed by atoms with van der Waals surface area (Å²) in [7, 11) is 0. The molecule has 0 atom stereocenters. The van der Waals surface area contributed by atoms with Crippen LogP contribution in [0.5, 0.6) is 34.5 Å². The van der Waals surface area contributed by atoms with Crippen molar-refractivity contribution >= 4 is 55.8 Å². The predicted molar refractivity (Wildman–Crippen MR) is 334 cm³/mol. The van der Waals surface area contributed by atoms with Crippen LogP contribution >= 0.6 is 37.9 Å². The van der Waals surface area contributed by atoms with Crippen LogP contribution in [0.1, 0.15) is 88.6 Å². The number of nitrogens with zero attached hydrogens (tertiary/aromatic N) is 3. The highest BCUT2D eigenvalue weighted by atomic mass is 32.1. The van der Waals surface area contributed by atoms with Crippen LogP contribution < -0.4 is 22.4 Å². The molecule has 0 amide bonds. The number of carbonyl (C=O) groups excluding carboxylic acids is 3. The number of aliphatic hydroxyl groups excluding tert-OH is 5. The maximum Gasteiger partial charge on any atom is 0.336 e.